The summed E-state index contributed by atoms with van der Waals surface area (Å²) in [5.41, 5.74) is 5.76. The number of hydrogen-bond donors (Lipinski definition) is 2. The van der Waals surface area contributed by atoms with Gasteiger partial charge in [-0.1, -0.05) is 22.9 Å². The van der Waals surface area contributed by atoms with Crippen LogP contribution in [0.2, 0.25) is 0 Å². The second-order valence-electron chi connectivity index (χ2n) is 3.73. The summed E-state index contributed by atoms with van der Waals surface area (Å²) in [7, 11) is 0. The van der Waals surface area contributed by atoms with Gasteiger partial charge in [-0.25, -0.2) is 0 Å². The van der Waals surface area contributed by atoms with Crippen LogP contribution in [0.4, 0.5) is 5.69 Å². The molecule has 4 heteroatoms. The molecule has 0 saturated carbocycles. The molecule has 0 aliphatic carbocycles. The number of nitrogens with one attached hydrogen (secondary N) is 1. The highest BCUT2D eigenvalue weighted by atomic mass is 79.9. The summed E-state index contributed by atoms with van der Waals surface area (Å²) in [6, 6.07) is 7.40. The predicted octanol–water partition coefficient (Wildman–Crippen LogP) is 2.52. The first-order valence-electron chi connectivity index (χ1n) is 4.81. The number of hydrogen-bond acceptors (Lipinski definition) is 2. The van der Waals surface area contributed by atoms with Crippen molar-refractivity contribution in [3.05, 3.63) is 28.7 Å². The normalized spacial score (nSPS) is 14.4. The SMILES string of the molecule is CCC(C)(N)C(=O)Nc1ccc(Br)cc1. The third-order valence-corrected chi connectivity index (χ3v) is 2.88. The first kappa shape index (κ1) is 12.2. The van der Waals surface area contributed by atoms with E-state index in [1.54, 1.807) is 6.92 Å². The predicted molar refractivity (Wildman–Crippen MR) is 65.7 cm³/mol. The zero-order valence-electron chi connectivity index (χ0n) is 8.88. The maximum absolute atomic E-state index is 11.7. The Bertz CT molecular complexity index is 346. The fraction of sp³-hybridized carbons (Fsp3) is 0.364. The fourth-order valence-electron chi connectivity index (χ4n) is 0.968. The Morgan fingerprint density at radius 3 is 2.47 bits per heavy atom. The Labute approximate surface area is 98.2 Å². The molecule has 3 nitrogen and oxygen atoms in total. The molecule has 3 N–H and O–H groups in total. The first-order valence-corrected chi connectivity index (χ1v) is 5.61. The van der Waals surface area contributed by atoms with E-state index in [2.05, 4.69) is 21.2 Å². The molecule has 1 amide bonds. The number of rotatable bonds is 3. The number of carbonyl (C=O) groups is 1. The second-order valence-corrected chi connectivity index (χ2v) is 4.65. The maximum Gasteiger partial charge on any atom is 0.244 e. The van der Waals surface area contributed by atoms with Crippen molar-refractivity contribution in [2.45, 2.75) is 25.8 Å². The molecular formula is C11H15BrN2O. The van der Waals surface area contributed by atoms with Gasteiger partial charge in [-0.2, -0.15) is 0 Å². The lowest BCUT2D eigenvalue weighted by molar-refractivity contribution is -0.120. The van der Waals surface area contributed by atoms with Crippen LogP contribution < -0.4 is 11.1 Å². The summed E-state index contributed by atoms with van der Waals surface area (Å²) >= 11 is 3.33. The lowest BCUT2D eigenvalue weighted by Crippen LogP contribution is -2.47. The zero-order chi connectivity index (χ0) is 11.5. The molecule has 15 heavy (non-hydrogen) atoms. The average molecular weight is 271 g/mol. The molecule has 1 atom stereocenters. The summed E-state index contributed by atoms with van der Waals surface area (Å²) in [4.78, 5) is 11.7. The highest BCUT2D eigenvalue weighted by molar-refractivity contribution is 9.10. The van der Waals surface area contributed by atoms with E-state index in [0.717, 1.165) is 10.2 Å². The van der Waals surface area contributed by atoms with Crippen LogP contribution in [0, 0.1) is 0 Å². The molecule has 0 heterocycles. The van der Waals surface area contributed by atoms with Crippen molar-refractivity contribution in [1.29, 1.82) is 0 Å². The molecule has 0 spiro atoms. The largest absolute Gasteiger partial charge is 0.325 e. The van der Waals surface area contributed by atoms with E-state index in [9.17, 15) is 4.79 Å². The molecule has 1 unspecified atom stereocenters. The lowest BCUT2D eigenvalue weighted by atomic mass is 9.99. The summed E-state index contributed by atoms with van der Waals surface area (Å²) in [6.45, 7) is 3.61. The average Bonchev–Trinajstić information content (AvgIpc) is 2.21. The smallest absolute Gasteiger partial charge is 0.244 e. The van der Waals surface area contributed by atoms with Gasteiger partial charge < -0.3 is 11.1 Å². The summed E-state index contributed by atoms with van der Waals surface area (Å²) in [5.74, 6) is -0.160. The van der Waals surface area contributed by atoms with E-state index in [0.29, 0.717) is 6.42 Å². The molecule has 1 aromatic carbocycles. The van der Waals surface area contributed by atoms with Crippen LogP contribution in [-0.2, 0) is 4.79 Å². The minimum Gasteiger partial charge on any atom is -0.325 e. The van der Waals surface area contributed by atoms with E-state index in [-0.39, 0.29) is 5.91 Å². The molecule has 0 aromatic heterocycles. The van der Waals surface area contributed by atoms with Crippen molar-refractivity contribution in [3.8, 4) is 0 Å². The van der Waals surface area contributed by atoms with Gasteiger partial charge in [0.05, 0.1) is 5.54 Å². The van der Waals surface area contributed by atoms with Gasteiger partial charge in [0, 0.05) is 10.2 Å². The molecule has 1 rings (SSSR count). The topological polar surface area (TPSA) is 55.1 Å². The second kappa shape index (κ2) is 4.77. The Hall–Kier alpha value is -0.870. The highest BCUT2D eigenvalue weighted by Gasteiger charge is 2.25. The third-order valence-electron chi connectivity index (χ3n) is 2.36. The Morgan fingerprint density at radius 1 is 1.47 bits per heavy atom. The van der Waals surface area contributed by atoms with Gasteiger partial charge in [0.1, 0.15) is 0 Å². The summed E-state index contributed by atoms with van der Waals surface area (Å²) < 4.78 is 0.978. The Kier molecular flexibility index (Phi) is 3.88. The Morgan fingerprint density at radius 2 is 2.00 bits per heavy atom. The van der Waals surface area contributed by atoms with Crippen molar-refractivity contribution in [1.82, 2.24) is 0 Å². The number of carbonyl (C=O) groups excluding carboxylic acids is 1. The van der Waals surface area contributed by atoms with Gasteiger partial charge in [-0.3, -0.25) is 4.79 Å². The minimum absolute atomic E-state index is 0.160. The van der Waals surface area contributed by atoms with Crippen molar-refractivity contribution >= 4 is 27.5 Å². The van der Waals surface area contributed by atoms with Crippen LogP contribution in [-0.4, -0.2) is 11.4 Å². The molecule has 0 saturated heterocycles. The number of nitrogens with two attached hydrogens (primary N) is 1. The molecule has 0 bridgehead atoms. The molecule has 82 valence electrons. The van der Waals surface area contributed by atoms with E-state index in [4.69, 9.17) is 5.73 Å². The molecule has 0 fully saturated rings. The molecule has 1 aromatic rings. The van der Waals surface area contributed by atoms with E-state index >= 15 is 0 Å². The highest BCUT2D eigenvalue weighted by Crippen LogP contribution is 2.16. The van der Waals surface area contributed by atoms with Crippen LogP contribution in [0.5, 0.6) is 0 Å². The van der Waals surface area contributed by atoms with Gasteiger partial charge in [0.15, 0.2) is 0 Å². The quantitative estimate of drug-likeness (QED) is 0.887. The van der Waals surface area contributed by atoms with E-state index in [1.165, 1.54) is 0 Å². The van der Waals surface area contributed by atoms with E-state index < -0.39 is 5.54 Å². The molecule has 0 aliphatic heterocycles. The van der Waals surface area contributed by atoms with Gasteiger partial charge in [0.2, 0.25) is 5.91 Å². The fourth-order valence-corrected chi connectivity index (χ4v) is 1.23. The number of benzene rings is 1. The standard InChI is InChI=1S/C11H15BrN2O/c1-3-11(2,13)10(15)14-9-6-4-8(12)5-7-9/h4-7H,3,13H2,1-2H3,(H,14,15). The summed E-state index contributed by atoms with van der Waals surface area (Å²) in [6.07, 6.45) is 0.607. The van der Waals surface area contributed by atoms with Crippen molar-refractivity contribution in [2.24, 2.45) is 5.73 Å². The van der Waals surface area contributed by atoms with Gasteiger partial charge >= 0.3 is 0 Å². The van der Waals surface area contributed by atoms with E-state index in [1.807, 2.05) is 31.2 Å². The number of anilines is 1. The Balaban J connectivity index is 2.71. The molecular weight excluding hydrogens is 256 g/mol. The van der Waals surface area contributed by atoms with Crippen LogP contribution in [0.15, 0.2) is 28.7 Å². The van der Waals surface area contributed by atoms with Crippen LogP contribution in [0.3, 0.4) is 0 Å². The first-order chi connectivity index (χ1) is 6.95. The minimum atomic E-state index is -0.812. The zero-order valence-corrected chi connectivity index (χ0v) is 10.5. The van der Waals surface area contributed by atoms with Crippen LogP contribution >= 0.6 is 15.9 Å². The van der Waals surface area contributed by atoms with Crippen molar-refractivity contribution < 1.29 is 4.79 Å². The number of amides is 1. The monoisotopic (exact) mass is 270 g/mol. The van der Waals surface area contributed by atoms with Gasteiger partial charge in [-0.15, -0.1) is 0 Å². The molecule has 0 aliphatic rings. The maximum atomic E-state index is 11.7. The van der Waals surface area contributed by atoms with Crippen molar-refractivity contribution in [2.75, 3.05) is 5.32 Å². The van der Waals surface area contributed by atoms with Crippen molar-refractivity contribution in [3.63, 3.8) is 0 Å². The third kappa shape index (κ3) is 3.32. The lowest BCUT2D eigenvalue weighted by Gasteiger charge is -2.21. The number of halogens is 1. The summed E-state index contributed by atoms with van der Waals surface area (Å²) in [5, 5.41) is 2.78. The van der Waals surface area contributed by atoms with Gasteiger partial charge in [-0.05, 0) is 37.6 Å². The van der Waals surface area contributed by atoms with Crippen LogP contribution in [0.25, 0.3) is 0 Å². The van der Waals surface area contributed by atoms with Gasteiger partial charge in [0.25, 0.3) is 0 Å². The van der Waals surface area contributed by atoms with Crippen LogP contribution in [0.1, 0.15) is 20.3 Å². The molecule has 0 radical (unpaired) electrons.